The first-order valence-corrected chi connectivity index (χ1v) is 10.2. The zero-order valence-electron chi connectivity index (χ0n) is 16.7. The van der Waals surface area contributed by atoms with Crippen molar-refractivity contribution in [3.8, 4) is 0 Å². The second-order valence-electron chi connectivity index (χ2n) is 7.65. The Balaban J connectivity index is 1.29. The molecule has 1 aromatic heterocycles. The molecule has 7 nitrogen and oxygen atoms in total. The van der Waals surface area contributed by atoms with Crippen molar-refractivity contribution in [2.75, 3.05) is 37.6 Å². The highest BCUT2D eigenvalue weighted by Crippen LogP contribution is 2.25. The number of likely N-dealkylation sites (tertiary alicyclic amines) is 1. The van der Waals surface area contributed by atoms with Crippen LogP contribution in [-0.2, 0) is 4.79 Å². The van der Waals surface area contributed by atoms with Gasteiger partial charge in [-0.05, 0) is 24.6 Å². The molecule has 2 aromatic rings. The van der Waals surface area contributed by atoms with Crippen molar-refractivity contribution in [3.05, 3.63) is 60.3 Å². The van der Waals surface area contributed by atoms with Gasteiger partial charge >= 0.3 is 6.03 Å². The maximum absolute atomic E-state index is 12.7. The number of aromatic nitrogens is 1. The number of urea groups is 1. The van der Waals surface area contributed by atoms with Gasteiger partial charge in [-0.15, -0.1) is 0 Å². The van der Waals surface area contributed by atoms with Crippen molar-refractivity contribution in [3.63, 3.8) is 0 Å². The molecule has 29 heavy (non-hydrogen) atoms. The van der Waals surface area contributed by atoms with Crippen LogP contribution in [-0.4, -0.2) is 65.5 Å². The molecule has 3 amide bonds. The summed E-state index contributed by atoms with van der Waals surface area (Å²) in [5.41, 5.74) is 1.11. The summed E-state index contributed by atoms with van der Waals surface area (Å²) >= 11 is 0. The maximum Gasteiger partial charge on any atom is 0.317 e. The van der Waals surface area contributed by atoms with Gasteiger partial charge in [-0.2, -0.15) is 0 Å². The molecule has 2 aliphatic rings. The Bertz CT molecular complexity index is 837. The van der Waals surface area contributed by atoms with Crippen molar-refractivity contribution in [2.45, 2.75) is 25.4 Å². The average Bonchev–Trinajstić information content (AvgIpc) is 3.14. The van der Waals surface area contributed by atoms with Crippen molar-refractivity contribution in [1.29, 1.82) is 0 Å². The molecule has 1 N–H and O–H groups in total. The third kappa shape index (κ3) is 4.34. The van der Waals surface area contributed by atoms with Crippen molar-refractivity contribution < 1.29 is 9.59 Å². The minimum absolute atomic E-state index is 0.00696. The molecule has 2 aliphatic heterocycles. The molecular formula is C22H27N5O2. The van der Waals surface area contributed by atoms with Gasteiger partial charge in [0.15, 0.2) is 0 Å². The molecule has 0 radical (unpaired) electrons. The summed E-state index contributed by atoms with van der Waals surface area (Å²) in [7, 11) is 0. The number of carbonyl (C=O) groups is 2. The molecule has 7 heteroatoms. The molecule has 4 rings (SSSR count). The zero-order chi connectivity index (χ0) is 20.2. The third-order valence-electron chi connectivity index (χ3n) is 5.78. The van der Waals surface area contributed by atoms with Crippen molar-refractivity contribution >= 4 is 17.8 Å². The molecule has 152 valence electrons. The number of benzene rings is 1. The minimum Gasteiger partial charge on any atom is -0.353 e. The number of amides is 3. The van der Waals surface area contributed by atoms with Crippen LogP contribution in [0.1, 0.15) is 24.9 Å². The van der Waals surface area contributed by atoms with Crippen LogP contribution in [0.25, 0.3) is 0 Å². The SMILES string of the molecule is CC(c1ccccc1)N1CC(NC(=O)N2CCN(c3ccccn3)CC2)CC1=O. The molecule has 1 aromatic carbocycles. The topological polar surface area (TPSA) is 68.8 Å². The van der Waals surface area contributed by atoms with Crippen molar-refractivity contribution in [1.82, 2.24) is 20.1 Å². The lowest BCUT2D eigenvalue weighted by Crippen LogP contribution is -2.54. The monoisotopic (exact) mass is 393 g/mol. The summed E-state index contributed by atoms with van der Waals surface area (Å²) in [5.74, 6) is 1.03. The summed E-state index contributed by atoms with van der Waals surface area (Å²) < 4.78 is 0. The van der Waals surface area contributed by atoms with E-state index in [4.69, 9.17) is 0 Å². The molecule has 2 saturated heterocycles. The Kier molecular flexibility index (Phi) is 5.64. The van der Waals surface area contributed by atoms with Crippen LogP contribution in [0.15, 0.2) is 54.7 Å². The Morgan fingerprint density at radius 1 is 1.07 bits per heavy atom. The highest BCUT2D eigenvalue weighted by molar-refractivity contribution is 5.82. The highest BCUT2D eigenvalue weighted by atomic mass is 16.2. The first-order valence-electron chi connectivity index (χ1n) is 10.2. The Morgan fingerprint density at radius 2 is 1.79 bits per heavy atom. The molecule has 2 fully saturated rings. The number of hydrogen-bond donors (Lipinski definition) is 1. The first kappa shape index (κ1) is 19.2. The van der Waals surface area contributed by atoms with E-state index in [0.29, 0.717) is 26.1 Å². The minimum atomic E-state index is -0.144. The largest absolute Gasteiger partial charge is 0.353 e. The Labute approximate surface area is 171 Å². The standard InChI is InChI=1S/C22H27N5O2/c1-17(18-7-3-2-4-8-18)27-16-19(15-21(27)28)24-22(29)26-13-11-25(12-14-26)20-9-5-6-10-23-20/h2-10,17,19H,11-16H2,1H3,(H,24,29). The second kappa shape index (κ2) is 8.51. The zero-order valence-corrected chi connectivity index (χ0v) is 16.7. The normalized spacial score (nSPS) is 20.7. The van der Waals surface area contributed by atoms with E-state index >= 15 is 0 Å². The number of carbonyl (C=O) groups excluding carboxylic acids is 2. The molecule has 0 aliphatic carbocycles. The molecule has 0 bridgehead atoms. The van der Waals surface area contributed by atoms with Crippen LogP contribution >= 0.6 is 0 Å². The number of rotatable bonds is 4. The summed E-state index contributed by atoms with van der Waals surface area (Å²) in [4.78, 5) is 35.5. The molecular weight excluding hydrogens is 366 g/mol. The van der Waals surface area contributed by atoms with Crippen LogP contribution in [0.5, 0.6) is 0 Å². The fourth-order valence-corrected chi connectivity index (χ4v) is 4.06. The molecule has 0 saturated carbocycles. The van der Waals surface area contributed by atoms with Gasteiger partial charge in [-0.25, -0.2) is 9.78 Å². The van der Waals surface area contributed by atoms with Gasteiger partial charge in [-0.1, -0.05) is 36.4 Å². The van der Waals surface area contributed by atoms with Gasteiger partial charge in [0, 0.05) is 45.3 Å². The smallest absolute Gasteiger partial charge is 0.317 e. The lowest BCUT2D eigenvalue weighted by Gasteiger charge is -2.35. The van der Waals surface area contributed by atoms with Crippen LogP contribution in [0, 0.1) is 0 Å². The average molecular weight is 393 g/mol. The Hall–Kier alpha value is -3.09. The predicted molar refractivity (Wildman–Crippen MR) is 112 cm³/mol. The molecule has 3 heterocycles. The molecule has 0 spiro atoms. The van der Waals surface area contributed by atoms with Gasteiger partial charge in [0.2, 0.25) is 5.91 Å². The highest BCUT2D eigenvalue weighted by Gasteiger charge is 2.35. The molecule has 2 unspecified atom stereocenters. The van der Waals surface area contributed by atoms with Crippen LogP contribution < -0.4 is 10.2 Å². The van der Waals surface area contributed by atoms with E-state index in [1.807, 2.05) is 65.3 Å². The van der Waals surface area contributed by atoms with Gasteiger partial charge in [-0.3, -0.25) is 4.79 Å². The van der Waals surface area contributed by atoms with E-state index in [9.17, 15) is 9.59 Å². The van der Waals surface area contributed by atoms with E-state index in [1.54, 1.807) is 6.20 Å². The maximum atomic E-state index is 12.7. The Morgan fingerprint density at radius 3 is 2.48 bits per heavy atom. The molecule has 2 atom stereocenters. The van der Waals surface area contributed by atoms with E-state index in [0.717, 1.165) is 24.5 Å². The lowest BCUT2D eigenvalue weighted by molar-refractivity contribution is -0.129. The van der Waals surface area contributed by atoms with E-state index in [1.165, 1.54) is 0 Å². The summed E-state index contributed by atoms with van der Waals surface area (Å²) in [6.45, 7) is 5.39. The number of piperazine rings is 1. The van der Waals surface area contributed by atoms with E-state index in [-0.39, 0.29) is 24.0 Å². The van der Waals surface area contributed by atoms with Gasteiger partial charge < -0.3 is 20.0 Å². The van der Waals surface area contributed by atoms with E-state index < -0.39 is 0 Å². The van der Waals surface area contributed by atoms with Crippen LogP contribution in [0.3, 0.4) is 0 Å². The fraction of sp³-hybridized carbons (Fsp3) is 0.409. The summed E-state index contributed by atoms with van der Waals surface area (Å²) in [6, 6.07) is 15.6. The van der Waals surface area contributed by atoms with Gasteiger partial charge in [0.05, 0.1) is 12.1 Å². The number of nitrogens with zero attached hydrogens (tertiary/aromatic N) is 4. The fourth-order valence-electron chi connectivity index (χ4n) is 4.06. The van der Waals surface area contributed by atoms with Crippen LogP contribution in [0.2, 0.25) is 0 Å². The number of hydrogen-bond acceptors (Lipinski definition) is 4. The van der Waals surface area contributed by atoms with Crippen LogP contribution in [0.4, 0.5) is 10.6 Å². The quantitative estimate of drug-likeness (QED) is 0.865. The van der Waals surface area contributed by atoms with Gasteiger partial charge in [0.1, 0.15) is 5.82 Å². The summed E-state index contributed by atoms with van der Waals surface area (Å²) in [6.07, 6.45) is 2.14. The second-order valence-corrected chi connectivity index (χ2v) is 7.65. The third-order valence-corrected chi connectivity index (χ3v) is 5.78. The van der Waals surface area contributed by atoms with Gasteiger partial charge in [0.25, 0.3) is 0 Å². The first-order chi connectivity index (χ1) is 14.1. The van der Waals surface area contributed by atoms with Crippen molar-refractivity contribution in [2.24, 2.45) is 0 Å². The number of nitrogens with one attached hydrogen (secondary N) is 1. The number of anilines is 1. The summed E-state index contributed by atoms with van der Waals surface area (Å²) in [5, 5.41) is 3.06. The lowest BCUT2D eigenvalue weighted by atomic mass is 10.1. The predicted octanol–water partition coefficient (Wildman–Crippen LogP) is 2.28. The number of pyridine rings is 1. The van der Waals surface area contributed by atoms with E-state index in [2.05, 4.69) is 15.2 Å².